The van der Waals surface area contributed by atoms with E-state index in [1.54, 1.807) is 33.8 Å². The van der Waals surface area contributed by atoms with E-state index in [2.05, 4.69) is 46.7 Å². The van der Waals surface area contributed by atoms with Gasteiger partial charge in [0, 0.05) is 112 Å². The molecule has 1 aromatic carbocycles. The smallest absolute Gasteiger partial charge is 0.407 e. The minimum absolute atomic E-state index is 0.0246. The molecule has 2 fully saturated rings. The molecule has 4 aliphatic rings. The van der Waals surface area contributed by atoms with Crippen molar-refractivity contribution in [2.75, 3.05) is 71.3 Å². The molecule has 0 spiro atoms. The van der Waals surface area contributed by atoms with Crippen LogP contribution in [-0.4, -0.2) is 207 Å². The maximum absolute atomic E-state index is 14.9. The Bertz CT molecular complexity index is 2550. The van der Waals surface area contributed by atoms with Crippen molar-refractivity contribution in [2.24, 2.45) is 29.4 Å². The molecule has 26 heteroatoms. The molecule has 2 bridgehead atoms. The SMILES string of the molecule is CC[C@H](C)[C@@H]1NC(=O)CNC(=O)[C@@H]2CC(=O)[C@H]([C@@H](C)[C@@H](O)CO)NC(=O)[C@@H]3C[C@@H](O)CN3C(=O)[C@H](CC(N)=O)CC[C@H](CSc3[nH]c4c(CN5CCN(CCNC(=O)OC(C)(C)C)CC5)c(O)ccc4c3C2)NC(=O)CNC1=O. The number of Topliss-reactive ketones (excluding diaryl/α,β-unsaturated/α-hetero) is 1. The van der Waals surface area contributed by atoms with Gasteiger partial charge in [0.15, 0.2) is 5.78 Å². The molecule has 0 saturated carbocycles. The van der Waals surface area contributed by atoms with Gasteiger partial charge in [0.25, 0.3) is 0 Å². The number of nitrogens with one attached hydrogen (secondary N) is 7. The number of ketones is 1. The zero-order chi connectivity index (χ0) is 57.9. The minimum Gasteiger partial charge on any atom is -0.508 e. The molecule has 0 aliphatic carbocycles. The van der Waals surface area contributed by atoms with Crippen LogP contribution in [0.2, 0.25) is 0 Å². The van der Waals surface area contributed by atoms with Crippen molar-refractivity contribution in [2.45, 2.75) is 140 Å². The van der Waals surface area contributed by atoms with E-state index in [1.807, 2.05) is 6.92 Å². The van der Waals surface area contributed by atoms with Crippen molar-refractivity contribution in [3.8, 4) is 5.75 Å². The number of fused-ring (bicyclic) bond motifs is 5. The first-order valence-electron chi connectivity index (χ1n) is 27.3. The van der Waals surface area contributed by atoms with Crippen LogP contribution in [-0.2, 0) is 56.1 Å². The Balaban J connectivity index is 1.44. The third-order valence-electron chi connectivity index (χ3n) is 15.3. The van der Waals surface area contributed by atoms with Gasteiger partial charge in [-0.2, -0.15) is 0 Å². The topological polar surface area (TPSA) is 367 Å². The lowest BCUT2D eigenvalue weighted by molar-refractivity contribution is -0.144. The van der Waals surface area contributed by atoms with Gasteiger partial charge in [0.2, 0.25) is 41.4 Å². The zero-order valence-electron chi connectivity index (χ0n) is 46.1. The molecule has 13 N–H and O–H groups in total. The lowest BCUT2D eigenvalue weighted by atomic mass is 9.85. The Morgan fingerprint density at radius 1 is 0.899 bits per heavy atom. The largest absolute Gasteiger partial charge is 0.508 e. The fourth-order valence-electron chi connectivity index (χ4n) is 10.5. The molecule has 2 aromatic rings. The predicted octanol–water partition coefficient (Wildman–Crippen LogP) is -1.29. The van der Waals surface area contributed by atoms with Crippen molar-refractivity contribution in [3.05, 3.63) is 23.3 Å². The summed E-state index contributed by atoms with van der Waals surface area (Å²) < 4.78 is 5.36. The van der Waals surface area contributed by atoms with E-state index in [0.29, 0.717) is 72.7 Å². The highest BCUT2D eigenvalue weighted by molar-refractivity contribution is 7.99. The fraction of sp³-hybridized carbons (Fsp3) is 0.679. The molecule has 4 aliphatic heterocycles. The van der Waals surface area contributed by atoms with E-state index < -0.39 is 151 Å². The molecule has 25 nitrogen and oxygen atoms in total. The standard InChI is InChI=1S/C53H81N11O14S/c1-7-28(2)44-49(75)57-22-42(71)58-32-9-8-30(20-41(54)70)51(76)64-24-33(66)21-37(64)48(74)60-45(29(3)40(69)26-65)39(68)19-31(47(73)56-23-43(72)59-44)18-35-34-10-11-38(67)36(46(34)61-50(35)79-27-32)25-63-16-14-62(15-17-63)13-12-55-52(77)78-53(4,5)6/h10-11,28-33,37,40,44-45,61,65-67,69H,7-9,12-27H2,1-6H3,(H2,54,70)(H,55,77)(H,56,73)(H,57,75)(H,58,71)(H,59,72)(H,60,74)/t28-,29-,30-,31-,32+,33+,37-,40-,44-,45-/m0/s1. The molecule has 2 saturated heterocycles. The number of H-pyrrole nitrogens is 1. The van der Waals surface area contributed by atoms with Crippen molar-refractivity contribution in [1.29, 1.82) is 0 Å². The Morgan fingerprint density at radius 2 is 1.57 bits per heavy atom. The lowest BCUT2D eigenvalue weighted by Gasteiger charge is -2.35. The number of hydrogen-bond acceptors (Lipinski definition) is 17. The number of aliphatic hydroxyl groups is 3. The number of carbonyl (C=O) groups excluding carboxylic acids is 9. The monoisotopic (exact) mass is 1130 g/mol. The number of nitrogens with two attached hydrogens (primary N) is 1. The number of ether oxygens (including phenoxy) is 1. The molecular weight excluding hydrogens is 1050 g/mol. The molecule has 0 radical (unpaired) electrons. The summed E-state index contributed by atoms with van der Waals surface area (Å²) in [4.78, 5) is 134. The summed E-state index contributed by atoms with van der Waals surface area (Å²) in [6, 6.07) is -1.62. The number of phenols is 1. The van der Waals surface area contributed by atoms with Crippen LogP contribution in [0, 0.1) is 23.7 Å². The van der Waals surface area contributed by atoms with E-state index in [1.165, 1.54) is 24.8 Å². The van der Waals surface area contributed by atoms with Crippen molar-refractivity contribution < 1.29 is 68.3 Å². The van der Waals surface area contributed by atoms with Gasteiger partial charge in [-0.05, 0) is 63.6 Å². The highest BCUT2D eigenvalue weighted by atomic mass is 32.2. The number of aliphatic hydroxyl groups excluding tert-OH is 3. The number of alkyl carbamates (subject to hydrolysis) is 1. The first-order chi connectivity index (χ1) is 37.3. The second-order valence-electron chi connectivity index (χ2n) is 22.4. The minimum atomic E-state index is -1.57. The van der Waals surface area contributed by atoms with Crippen molar-refractivity contribution in [1.82, 2.24) is 51.6 Å². The summed E-state index contributed by atoms with van der Waals surface area (Å²) >= 11 is 1.24. The number of aromatic amines is 1. The average molecular weight is 1130 g/mol. The Hall–Kier alpha value is -6.06. The molecule has 10 atom stereocenters. The van der Waals surface area contributed by atoms with E-state index in [4.69, 9.17) is 10.5 Å². The number of nitrogens with zero attached hydrogens (tertiary/aromatic N) is 3. The highest BCUT2D eigenvalue weighted by Crippen LogP contribution is 2.39. The number of rotatable bonds is 12. The summed E-state index contributed by atoms with van der Waals surface area (Å²) in [7, 11) is 0. The van der Waals surface area contributed by atoms with Crippen LogP contribution in [0.4, 0.5) is 4.79 Å². The molecule has 79 heavy (non-hydrogen) atoms. The van der Waals surface area contributed by atoms with Crippen LogP contribution in [0.3, 0.4) is 0 Å². The zero-order valence-corrected chi connectivity index (χ0v) is 46.9. The summed E-state index contributed by atoms with van der Waals surface area (Å²) in [5.41, 5.74) is 6.65. The highest BCUT2D eigenvalue weighted by Gasteiger charge is 2.44. The van der Waals surface area contributed by atoms with Gasteiger partial charge in [0.05, 0.1) is 48.5 Å². The number of aromatic nitrogens is 1. The first-order valence-corrected chi connectivity index (χ1v) is 28.3. The van der Waals surface area contributed by atoms with E-state index in [-0.39, 0.29) is 50.3 Å². The van der Waals surface area contributed by atoms with Gasteiger partial charge in [-0.1, -0.05) is 27.2 Å². The summed E-state index contributed by atoms with van der Waals surface area (Å²) in [5, 5.41) is 61.0. The van der Waals surface area contributed by atoms with Crippen LogP contribution >= 0.6 is 11.8 Å². The summed E-state index contributed by atoms with van der Waals surface area (Å²) in [5.74, 6) is -9.91. The average Bonchev–Trinajstić information content (AvgIpc) is 4.23. The van der Waals surface area contributed by atoms with Gasteiger partial charge in [-0.25, -0.2) is 4.79 Å². The number of benzene rings is 1. The molecule has 1 aromatic heterocycles. The van der Waals surface area contributed by atoms with Crippen LogP contribution < -0.4 is 37.6 Å². The number of amides is 8. The Kier molecular flexibility index (Phi) is 21.9. The molecule has 438 valence electrons. The molecular formula is C53H81N11O14S. The first kappa shape index (κ1) is 62.1. The Morgan fingerprint density at radius 3 is 2.23 bits per heavy atom. The number of primary amides is 1. The summed E-state index contributed by atoms with van der Waals surface area (Å²) in [6.07, 6.45) is -4.30. The molecule has 0 unspecified atom stereocenters. The molecule has 8 amide bonds. The van der Waals surface area contributed by atoms with E-state index in [9.17, 15) is 63.6 Å². The maximum Gasteiger partial charge on any atom is 0.407 e. The predicted molar refractivity (Wildman–Crippen MR) is 290 cm³/mol. The number of aromatic hydroxyl groups is 1. The summed E-state index contributed by atoms with van der Waals surface area (Å²) in [6.45, 7) is 11.9. The molecule has 6 rings (SSSR count). The second-order valence-corrected chi connectivity index (χ2v) is 23.4. The van der Waals surface area contributed by atoms with Gasteiger partial charge in [-0.15, -0.1) is 11.8 Å². The third kappa shape index (κ3) is 17.0. The van der Waals surface area contributed by atoms with Gasteiger partial charge in [-0.3, -0.25) is 48.2 Å². The fourth-order valence-corrected chi connectivity index (χ4v) is 11.7. The van der Waals surface area contributed by atoms with Crippen LogP contribution in [0.25, 0.3) is 10.9 Å². The van der Waals surface area contributed by atoms with Crippen LogP contribution in [0.15, 0.2) is 17.2 Å². The third-order valence-corrected chi connectivity index (χ3v) is 16.5. The van der Waals surface area contributed by atoms with Crippen molar-refractivity contribution >= 4 is 75.9 Å². The number of piperazine rings is 1. The van der Waals surface area contributed by atoms with Gasteiger partial charge < -0.3 is 72.7 Å². The number of thioether (sulfide) groups is 1. The maximum atomic E-state index is 14.9. The number of carbonyl (C=O) groups is 9. The number of phenolic OH excluding ortho intramolecular Hbond substituents is 1. The quantitative estimate of drug-likeness (QED) is 0.118. The normalized spacial score (nSPS) is 26.4. The van der Waals surface area contributed by atoms with Crippen LogP contribution in [0.1, 0.15) is 91.2 Å². The van der Waals surface area contributed by atoms with Gasteiger partial charge in [0.1, 0.15) is 23.4 Å². The van der Waals surface area contributed by atoms with Gasteiger partial charge >= 0.3 is 6.09 Å². The Labute approximate surface area is 464 Å². The van der Waals surface area contributed by atoms with E-state index in [0.717, 1.165) is 4.90 Å². The lowest BCUT2D eigenvalue weighted by Crippen LogP contribution is -2.56. The van der Waals surface area contributed by atoms with Crippen LogP contribution in [0.5, 0.6) is 5.75 Å². The second kappa shape index (κ2) is 27.9. The number of hydrogen-bond donors (Lipinski definition) is 12. The van der Waals surface area contributed by atoms with E-state index >= 15 is 0 Å². The molecule has 5 heterocycles. The van der Waals surface area contributed by atoms with Crippen molar-refractivity contribution in [3.63, 3.8) is 0 Å².